The molecule has 0 atom stereocenters. The van der Waals surface area contributed by atoms with E-state index in [1.165, 1.54) is 16.3 Å². The molecule has 0 aliphatic heterocycles. The van der Waals surface area contributed by atoms with Gasteiger partial charge in [-0.15, -0.1) is 53.6 Å². The van der Waals surface area contributed by atoms with Gasteiger partial charge in [-0.1, -0.05) is 93.3 Å². The first kappa shape index (κ1) is 33.5. The molecule has 0 fully saturated rings. The van der Waals surface area contributed by atoms with Crippen LogP contribution in [-0.4, -0.2) is 22.6 Å². The molecule has 0 N–H and O–H groups in total. The van der Waals surface area contributed by atoms with Crippen LogP contribution in [0.3, 0.4) is 0 Å². The summed E-state index contributed by atoms with van der Waals surface area (Å²) in [4.78, 5) is 9.56. The van der Waals surface area contributed by atoms with Crippen LogP contribution < -0.4 is 5.19 Å². The van der Waals surface area contributed by atoms with Gasteiger partial charge in [0.2, 0.25) is 0 Å². The monoisotopic (exact) mass is 800 g/mol. The van der Waals surface area contributed by atoms with Gasteiger partial charge >= 0.3 is 0 Å². The van der Waals surface area contributed by atoms with E-state index in [1.54, 1.807) is 0 Å². The van der Waals surface area contributed by atoms with E-state index in [1.807, 2.05) is 48.5 Å². The van der Waals surface area contributed by atoms with Gasteiger partial charge in [0.15, 0.2) is 0 Å². The summed E-state index contributed by atoms with van der Waals surface area (Å²) in [5.74, 6) is 1.57. The molecule has 0 amide bonds. The minimum absolute atomic E-state index is 0. The summed E-state index contributed by atoms with van der Waals surface area (Å²) < 4.78 is 8.36. The number of benzene rings is 4. The maximum absolute atomic E-state index is 6.15. The number of furan rings is 1. The number of hydrogen-bond donors (Lipinski definition) is 0. The van der Waals surface area contributed by atoms with Gasteiger partial charge in [0, 0.05) is 38.2 Å². The van der Waals surface area contributed by atoms with Crippen LogP contribution in [0.2, 0.25) is 19.6 Å². The van der Waals surface area contributed by atoms with E-state index in [-0.39, 0.29) is 20.1 Å². The van der Waals surface area contributed by atoms with Gasteiger partial charge in [-0.05, 0) is 48.3 Å². The number of imidazole rings is 1. The van der Waals surface area contributed by atoms with Crippen molar-refractivity contribution in [2.45, 2.75) is 60.3 Å². The van der Waals surface area contributed by atoms with E-state index in [4.69, 9.17) is 14.4 Å². The molecule has 0 unspecified atom stereocenters. The van der Waals surface area contributed by atoms with Gasteiger partial charge in [-0.2, -0.15) is 0 Å². The first-order valence-corrected chi connectivity index (χ1v) is 19.4. The van der Waals surface area contributed by atoms with Crippen LogP contribution in [0.25, 0.3) is 55.6 Å². The second-order valence-electron chi connectivity index (χ2n) is 13.2. The molecule has 7 aromatic rings. The number of nitrogens with zero attached hydrogens (tertiary/aromatic N) is 3. The summed E-state index contributed by atoms with van der Waals surface area (Å²) in [5.41, 5.74) is 9.65. The molecule has 0 aliphatic carbocycles. The molecule has 0 saturated heterocycles. The minimum atomic E-state index is -1.35. The fourth-order valence-electron chi connectivity index (χ4n) is 6.03. The zero-order valence-corrected chi connectivity index (χ0v) is 31.1. The van der Waals surface area contributed by atoms with Crippen molar-refractivity contribution in [2.24, 2.45) is 5.92 Å². The van der Waals surface area contributed by atoms with Crippen molar-refractivity contribution in [2.75, 3.05) is 0 Å². The van der Waals surface area contributed by atoms with Crippen molar-refractivity contribution >= 4 is 46.2 Å². The number of aryl methyl sites for hydroxylation is 2. The molecular weight excluding hydrogens is 759 g/mol. The fourth-order valence-corrected chi connectivity index (χ4v) is 7.62. The second-order valence-corrected chi connectivity index (χ2v) is 18.3. The zero-order chi connectivity index (χ0) is 31.7. The summed E-state index contributed by atoms with van der Waals surface area (Å²) in [5, 5.41) is 3.73. The van der Waals surface area contributed by atoms with Crippen LogP contribution in [0, 0.1) is 25.0 Å². The molecular formula is C40H41IrN3OSi-2. The number of pyridine rings is 1. The molecule has 0 spiro atoms. The van der Waals surface area contributed by atoms with Gasteiger partial charge in [-0.3, -0.25) is 4.98 Å². The summed E-state index contributed by atoms with van der Waals surface area (Å²) in [6.07, 6.45) is 3.24. The van der Waals surface area contributed by atoms with Gasteiger partial charge in [0.05, 0.1) is 30.5 Å². The Kier molecular flexibility index (Phi) is 10.1. The predicted octanol–water partition coefficient (Wildman–Crippen LogP) is 10.0. The van der Waals surface area contributed by atoms with Gasteiger partial charge in [0.1, 0.15) is 5.58 Å². The first-order valence-electron chi connectivity index (χ1n) is 15.9. The van der Waals surface area contributed by atoms with Crippen molar-refractivity contribution in [1.29, 1.82) is 0 Å². The molecule has 46 heavy (non-hydrogen) atoms. The molecule has 4 aromatic carbocycles. The predicted molar refractivity (Wildman–Crippen MR) is 192 cm³/mol. The Bertz CT molecular complexity index is 2100. The Hall–Kier alpha value is -3.83. The standard InChI is InChI=1S/C21H15N2O.C19H26NSi.Ir/c1-2-23-18-12-5-4-11-17(18)22-21(23)16-10-7-9-15-14-8-3-6-13-19(14)24-20(15)16;1-14(2)11-17-12-18(16-9-7-15(3)8-10-16)20-13-19(17)21(4,5)6;/h3-9,11-13H,2H2,1H3;7-9,12-14H,11H2,1-6H3;/q2*-1;. The maximum atomic E-state index is 6.15. The summed E-state index contributed by atoms with van der Waals surface area (Å²) >= 11 is 0. The second kappa shape index (κ2) is 13.9. The van der Waals surface area contributed by atoms with E-state index in [9.17, 15) is 0 Å². The van der Waals surface area contributed by atoms with Crippen LogP contribution in [-0.2, 0) is 33.1 Å². The Morgan fingerprint density at radius 1 is 0.913 bits per heavy atom. The van der Waals surface area contributed by atoms with E-state index < -0.39 is 8.07 Å². The summed E-state index contributed by atoms with van der Waals surface area (Å²) in [7, 11) is -1.35. The SMILES string of the molecule is CCn1c(-c2[c-]ccc3c2oc2ccccc23)nc2ccccc21.Cc1c[c-]c(-c2cc(CC(C)C)c([Si](C)(C)C)cn2)cc1.[Ir]. The molecule has 0 saturated carbocycles. The average molecular weight is 800 g/mol. The Morgan fingerprint density at radius 2 is 1.67 bits per heavy atom. The number of fused-ring (bicyclic) bond motifs is 4. The first-order chi connectivity index (χ1) is 21.6. The zero-order valence-electron chi connectivity index (χ0n) is 27.7. The maximum Gasteiger partial charge on any atom is 0.120 e. The van der Waals surface area contributed by atoms with Gasteiger partial charge in [0.25, 0.3) is 0 Å². The Balaban J connectivity index is 0.000000179. The fraction of sp³-hybridized carbons (Fsp3) is 0.250. The van der Waals surface area contributed by atoms with Crippen molar-refractivity contribution in [1.82, 2.24) is 14.5 Å². The van der Waals surface area contributed by atoms with E-state index in [0.29, 0.717) is 5.92 Å². The average Bonchev–Trinajstić information content (AvgIpc) is 3.59. The molecule has 4 nitrogen and oxygen atoms in total. The quantitative estimate of drug-likeness (QED) is 0.124. The molecule has 7 rings (SSSR count). The molecule has 0 bridgehead atoms. The van der Waals surface area contributed by atoms with Crippen LogP contribution in [0.5, 0.6) is 0 Å². The van der Waals surface area contributed by atoms with E-state index in [0.717, 1.165) is 68.6 Å². The summed E-state index contributed by atoms with van der Waals surface area (Å²) in [6.45, 7) is 16.8. The molecule has 6 heteroatoms. The summed E-state index contributed by atoms with van der Waals surface area (Å²) in [6, 6.07) is 35.6. The third kappa shape index (κ3) is 6.80. The van der Waals surface area contributed by atoms with Gasteiger partial charge < -0.3 is 14.0 Å². The molecule has 3 heterocycles. The normalized spacial score (nSPS) is 11.6. The molecule has 3 aromatic heterocycles. The van der Waals surface area contributed by atoms with Crippen LogP contribution in [0.1, 0.15) is 31.9 Å². The van der Waals surface area contributed by atoms with Crippen LogP contribution in [0.4, 0.5) is 0 Å². The van der Waals surface area contributed by atoms with Crippen molar-refractivity contribution < 1.29 is 24.5 Å². The Morgan fingerprint density at radius 3 is 2.39 bits per heavy atom. The third-order valence-electron chi connectivity index (χ3n) is 8.20. The number of rotatable bonds is 6. The number of para-hydroxylation sites is 3. The van der Waals surface area contributed by atoms with Crippen molar-refractivity contribution in [3.8, 4) is 22.6 Å². The van der Waals surface area contributed by atoms with E-state index in [2.05, 4.69) is 107 Å². The van der Waals surface area contributed by atoms with E-state index >= 15 is 0 Å². The third-order valence-corrected chi connectivity index (χ3v) is 10.3. The van der Waals surface area contributed by atoms with Crippen molar-refractivity contribution in [3.63, 3.8) is 0 Å². The molecule has 0 aliphatic rings. The van der Waals surface area contributed by atoms with Crippen molar-refractivity contribution in [3.05, 3.63) is 114 Å². The minimum Gasteiger partial charge on any atom is -0.501 e. The number of hydrogen-bond acceptors (Lipinski definition) is 3. The molecule has 1 radical (unpaired) electrons. The largest absolute Gasteiger partial charge is 0.501 e. The van der Waals surface area contributed by atoms with Gasteiger partial charge in [-0.25, -0.2) is 0 Å². The molecule has 237 valence electrons. The smallest absolute Gasteiger partial charge is 0.120 e. The Labute approximate surface area is 287 Å². The van der Waals surface area contributed by atoms with Crippen LogP contribution in [0.15, 0.2) is 95.5 Å². The van der Waals surface area contributed by atoms with Crippen LogP contribution >= 0.6 is 0 Å². The topological polar surface area (TPSA) is 43.9 Å². The number of aromatic nitrogens is 3.